The molecule has 0 aliphatic rings. The van der Waals surface area contributed by atoms with E-state index < -0.39 is 0 Å². The van der Waals surface area contributed by atoms with E-state index in [9.17, 15) is 4.79 Å². The molecule has 0 aliphatic carbocycles. The van der Waals surface area contributed by atoms with Gasteiger partial charge in [0.2, 0.25) is 0 Å². The van der Waals surface area contributed by atoms with Gasteiger partial charge in [-0.3, -0.25) is 4.79 Å². The fraction of sp³-hybridized carbons (Fsp3) is 0.562. The molecular formula is C16H23N3O2. The monoisotopic (exact) mass is 289 g/mol. The van der Waals surface area contributed by atoms with Crippen molar-refractivity contribution in [1.82, 2.24) is 0 Å². The number of carbonyl (C=O) groups is 1. The molecule has 0 aromatic heterocycles. The molecule has 0 aliphatic heterocycles. The third-order valence-electron chi connectivity index (χ3n) is 3.23. The summed E-state index contributed by atoms with van der Waals surface area (Å²) in [4.78, 5) is 14.4. The topological polar surface area (TPSA) is 75.1 Å². The molecule has 1 unspecified atom stereocenters. The van der Waals surface area contributed by atoms with Crippen LogP contribution in [0.1, 0.15) is 38.2 Å². The molecule has 1 aromatic rings. The maximum Gasteiger partial charge on any atom is 0.305 e. The molecule has 0 heterocycles. The molecule has 0 radical (unpaired) electrons. The minimum absolute atomic E-state index is 0.0263. The zero-order valence-corrected chi connectivity index (χ0v) is 12.6. The summed E-state index contributed by atoms with van der Waals surface area (Å²) >= 11 is 0. The molecular weight excluding hydrogens is 266 g/mol. The average molecular weight is 289 g/mol. The molecule has 0 saturated heterocycles. The molecule has 0 bridgehead atoms. The highest BCUT2D eigenvalue weighted by molar-refractivity contribution is 5.69. The lowest BCUT2D eigenvalue weighted by atomic mass is 10.0. The highest BCUT2D eigenvalue weighted by Crippen LogP contribution is 2.11. The summed E-state index contributed by atoms with van der Waals surface area (Å²) in [6.45, 7) is 2.74. The Morgan fingerprint density at radius 2 is 2.10 bits per heavy atom. The minimum Gasteiger partial charge on any atom is -0.465 e. The van der Waals surface area contributed by atoms with Crippen molar-refractivity contribution in [1.29, 1.82) is 0 Å². The summed E-state index contributed by atoms with van der Waals surface area (Å²) in [7, 11) is 0. The van der Waals surface area contributed by atoms with Crippen LogP contribution in [0.3, 0.4) is 0 Å². The number of nitrogens with zero attached hydrogens (tertiary/aromatic N) is 3. The van der Waals surface area contributed by atoms with Crippen LogP contribution in [0.25, 0.3) is 10.4 Å². The maximum atomic E-state index is 11.6. The van der Waals surface area contributed by atoms with Crippen molar-refractivity contribution in [3.8, 4) is 0 Å². The highest BCUT2D eigenvalue weighted by Gasteiger charge is 2.12. The number of hydrogen-bond acceptors (Lipinski definition) is 3. The van der Waals surface area contributed by atoms with E-state index in [1.807, 2.05) is 30.3 Å². The molecule has 0 spiro atoms. The summed E-state index contributed by atoms with van der Waals surface area (Å²) in [6.07, 6.45) is 4.20. The van der Waals surface area contributed by atoms with Gasteiger partial charge in [-0.15, -0.1) is 0 Å². The van der Waals surface area contributed by atoms with Crippen LogP contribution in [0, 0.1) is 5.92 Å². The number of carbonyl (C=O) groups excluding carboxylic acids is 1. The Labute approximate surface area is 125 Å². The number of hydrogen-bond donors (Lipinski definition) is 0. The Bertz CT molecular complexity index is 456. The summed E-state index contributed by atoms with van der Waals surface area (Å²) in [5.41, 5.74) is 9.60. The second-order valence-corrected chi connectivity index (χ2v) is 5.11. The first-order valence-corrected chi connectivity index (χ1v) is 7.46. The van der Waals surface area contributed by atoms with Gasteiger partial charge in [-0.05, 0) is 23.9 Å². The number of unbranched alkanes of at least 4 members (excludes halogenated alkanes) is 2. The average Bonchev–Trinajstić information content (AvgIpc) is 2.51. The Kier molecular flexibility index (Phi) is 8.73. The molecule has 5 nitrogen and oxygen atoms in total. The van der Waals surface area contributed by atoms with E-state index in [-0.39, 0.29) is 11.9 Å². The molecule has 0 fully saturated rings. The van der Waals surface area contributed by atoms with Crippen molar-refractivity contribution < 1.29 is 9.53 Å². The first kappa shape index (κ1) is 17.1. The second kappa shape index (κ2) is 10.7. The van der Waals surface area contributed by atoms with Crippen LogP contribution in [0.4, 0.5) is 0 Å². The minimum atomic E-state index is -0.164. The van der Waals surface area contributed by atoms with E-state index in [0.29, 0.717) is 19.6 Å². The molecule has 0 saturated carbocycles. The summed E-state index contributed by atoms with van der Waals surface area (Å²) in [5.74, 6) is -0.138. The number of benzene rings is 1. The van der Waals surface area contributed by atoms with Gasteiger partial charge in [0, 0.05) is 23.8 Å². The van der Waals surface area contributed by atoms with E-state index in [4.69, 9.17) is 10.3 Å². The molecule has 5 heteroatoms. The molecule has 0 N–H and O–H groups in total. The zero-order valence-electron chi connectivity index (χ0n) is 12.6. The number of esters is 1. The Morgan fingerprint density at radius 3 is 2.76 bits per heavy atom. The first-order valence-electron chi connectivity index (χ1n) is 7.46. The van der Waals surface area contributed by atoms with Crippen LogP contribution >= 0.6 is 0 Å². The summed E-state index contributed by atoms with van der Waals surface area (Å²) in [6, 6.07) is 9.94. The molecule has 1 atom stereocenters. The van der Waals surface area contributed by atoms with Crippen LogP contribution in [0.2, 0.25) is 0 Å². The van der Waals surface area contributed by atoms with E-state index in [0.717, 1.165) is 31.2 Å². The van der Waals surface area contributed by atoms with Crippen molar-refractivity contribution in [2.24, 2.45) is 11.0 Å². The zero-order chi connectivity index (χ0) is 15.3. The van der Waals surface area contributed by atoms with Crippen molar-refractivity contribution in [2.45, 2.75) is 39.0 Å². The van der Waals surface area contributed by atoms with Gasteiger partial charge in [0.05, 0.1) is 6.61 Å². The molecule has 1 rings (SSSR count). The smallest absolute Gasteiger partial charge is 0.305 e. The second-order valence-electron chi connectivity index (χ2n) is 5.11. The molecule has 0 amide bonds. The van der Waals surface area contributed by atoms with Crippen LogP contribution < -0.4 is 0 Å². The lowest BCUT2D eigenvalue weighted by molar-refractivity contribution is -0.145. The standard InChI is InChI=1S/C16H23N3O2/c1-2-3-5-10-16(20)21-13-15(12-18-19-17)11-14-8-6-4-7-9-14/h4,6-9,15H,2-3,5,10-13H2,1H3. The van der Waals surface area contributed by atoms with Gasteiger partial charge in [0.1, 0.15) is 0 Å². The number of rotatable bonds is 10. The third-order valence-corrected chi connectivity index (χ3v) is 3.23. The van der Waals surface area contributed by atoms with Crippen molar-refractivity contribution >= 4 is 5.97 Å². The Hall–Kier alpha value is -2.00. The third kappa shape index (κ3) is 8.00. The molecule has 114 valence electrons. The van der Waals surface area contributed by atoms with Gasteiger partial charge in [-0.25, -0.2) is 0 Å². The Balaban J connectivity index is 2.42. The fourth-order valence-corrected chi connectivity index (χ4v) is 2.08. The van der Waals surface area contributed by atoms with Crippen LogP contribution in [0.5, 0.6) is 0 Å². The van der Waals surface area contributed by atoms with Gasteiger partial charge >= 0.3 is 5.97 Å². The number of ether oxygens (including phenoxy) is 1. The Morgan fingerprint density at radius 1 is 1.33 bits per heavy atom. The van der Waals surface area contributed by atoms with Gasteiger partial charge in [0.25, 0.3) is 0 Å². The largest absolute Gasteiger partial charge is 0.465 e. The normalized spacial score (nSPS) is 11.5. The van der Waals surface area contributed by atoms with Gasteiger partial charge in [-0.1, -0.05) is 55.2 Å². The fourth-order valence-electron chi connectivity index (χ4n) is 2.08. The van der Waals surface area contributed by atoms with Crippen molar-refractivity contribution in [3.05, 3.63) is 46.3 Å². The lowest BCUT2D eigenvalue weighted by Crippen LogP contribution is -2.18. The van der Waals surface area contributed by atoms with E-state index in [2.05, 4.69) is 16.9 Å². The first-order chi connectivity index (χ1) is 10.3. The van der Waals surface area contributed by atoms with Crippen LogP contribution in [-0.4, -0.2) is 19.1 Å². The van der Waals surface area contributed by atoms with E-state index in [1.54, 1.807) is 0 Å². The van der Waals surface area contributed by atoms with Crippen LogP contribution in [-0.2, 0) is 16.0 Å². The predicted octanol–water partition coefficient (Wildman–Crippen LogP) is 4.28. The molecule has 1 aromatic carbocycles. The van der Waals surface area contributed by atoms with Crippen LogP contribution in [0.15, 0.2) is 35.4 Å². The molecule has 21 heavy (non-hydrogen) atoms. The number of azide groups is 1. The van der Waals surface area contributed by atoms with Gasteiger partial charge in [0.15, 0.2) is 0 Å². The van der Waals surface area contributed by atoms with E-state index >= 15 is 0 Å². The van der Waals surface area contributed by atoms with Crippen molar-refractivity contribution in [3.63, 3.8) is 0 Å². The lowest BCUT2D eigenvalue weighted by Gasteiger charge is -2.15. The quantitative estimate of drug-likeness (QED) is 0.212. The SMILES string of the molecule is CCCCCC(=O)OCC(CN=[N+]=[N-])Cc1ccccc1. The summed E-state index contributed by atoms with van der Waals surface area (Å²) < 4.78 is 5.30. The van der Waals surface area contributed by atoms with E-state index in [1.165, 1.54) is 0 Å². The van der Waals surface area contributed by atoms with Gasteiger partial charge in [-0.2, -0.15) is 0 Å². The highest BCUT2D eigenvalue weighted by atomic mass is 16.5. The van der Waals surface area contributed by atoms with Crippen molar-refractivity contribution in [2.75, 3.05) is 13.2 Å². The van der Waals surface area contributed by atoms with Gasteiger partial charge < -0.3 is 4.74 Å². The predicted molar refractivity (Wildman–Crippen MR) is 82.8 cm³/mol. The maximum absolute atomic E-state index is 11.6. The summed E-state index contributed by atoms with van der Waals surface area (Å²) in [5, 5.41) is 3.61.